The van der Waals surface area contributed by atoms with Gasteiger partial charge in [-0.1, -0.05) is 35.4 Å². The molecule has 2 aromatic carbocycles. The minimum atomic E-state index is -0.0702. The van der Waals surface area contributed by atoms with Crippen molar-refractivity contribution in [1.29, 1.82) is 0 Å². The van der Waals surface area contributed by atoms with Crippen LogP contribution in [0.2, 0.25) is 5.02 Å². The van der Waals surface area contributed by atoms with Crippen molar-refractivity contribution in [2.45, 2.75) is 32.9 Å². The maximum absolute atomic E-state index is 6.14. The molecule has 0 spiro atoms. The minimum absolute atomic E-state index is 0.0395. The number of aromatic nitrogens is 2. The first-order valence-electron chi connectivity index (χ1n) is 11.0. The van der Waals surface area contributed by atoms with E-state index < -0.39 is 0 Å². The van der Waals surface area contributed by atoms with Crippen molar-refractivity contribution in [2.75, 3.05) is 4.90 Å². The Bertz CT molecular complexity index is 1300. The van der Waals surface area contributed by atoms with Gasteiger partial charge in [-0.3, -0.25) is 4.98 Å². The molecule has 1 fully saturated rings. The number of benzene rings is 2. The minimum Gasteiger partial charge on any atom is -0.351 e. The van der Waals surface area contributed by atoms with Gasteiger partial charge >= 0.3 is 0 Å². The second-order valence-electron chi connectivity index (χ2n) is 8.47. The fraction of sp³-hybridized carbons (Fsp3) is 0.185. The van der Waals surface area contributed by atoms with Crippen LogP contribution in [0.1, 0.15) is 40.3 Å². The van der Waals surface area contributed by atoms with Crippen LogP contribution in [0.4, 0.5) is 5.69 Å². The number of nitrogens with one attached hydrogen (secondary N) is 1. The van der Waals surface area contributed by atoms with Crippen LogP contribution in [0, 0.1) is 20.8 Å². The summed E-state index contributed by atoms with van der Waals surface area (Å²) in [6, 6.07) is 24.7. The van der Waals surface area contributed by atoms with Crippen molar-refractivity contribution in [2.24, 2.45) is 0 Å². The fourth-order valence-electron chi connectivity index (χ4n) is 4.73. The zero-order chi connectivity index (χ0) is 23.1. The molecule has 0 saturated carbocycles. The third-order valence-corrected chi connectivity index (χ3v) is 6.85. The maximum Gasteiger partial charge on any atom is 0.174 e. The first-order valence-corrected chi connectivity index (χ1v) is 11.7. The summed E-state index contributed by atoms with van der Waals surface area (Å²) in [5.41, 5.74) is 7.89. The Morgan fingerprint density at radius 3 is 2.27 bits per heavy atom. The van der Waals surface area contributed by atoms with E-state index in [0.717, 1.165) is 27.8 Å². The molecule has 2 aromatic heterocycles. The highest BCUT2D eigenvalue weighted by Gasteiger charge is 2.42. The Morgan fingerprint density at radius 2 is 1.61 bits per heavy atom. The van der Waals surface area contributed by atoms with Gasteiger partial charge in [-0.25, -0.2) is 0 Å². The number of pyridine rings is 1. The Labute approximate surface area is 204 Å². The largest absolute Gasteiger partial charge is 0.351 e. The molecule has 2 atom stereocenters. The lowest BCUT2D eigenvalue weighted by Crippen LogP contribution is -2.29. The van der Waals surface area contributed by atoms with Crippen LogP contribution in [-0.4, -0.2) is 14.7 Å². The molecule has 0 bridgehead atoms. The number of hydrogen-bond donors (Lipinski definition) is 1. The molecule has 6 heteroatoms. The van der Waals surface area contributed by atoms with E-state index in [9.17, 15) is 0 Å². The standard InChI is InChI=1S/C27H25ClN4S/c1-17-7-11-22(12-8-17)32-26(25(30-27(32)33)24-6-4-5-15-29-24)23-16-18(2)31(19(23)3)21-13-9-20(28)10-14-21/h4-16,25-26H,1-3H3,(H,30,33)/t25-,26-/m1/s1. The van der Waals surface area contributed by atoms with Gasteiger partial charge < -0.3 is 14.8 Å². The number of halogens is 1. The number of thiocarbonyl (C=S) groups is 1. The number of anilines is 1. The van der Waals surface area contributed by atoms with Gasteiger partial charge in [0, 0.05) is 34.0 Å². The molecule has 4 aromatic rings. The van der Waals surface area contributed by atoms with Gasteiger partial charge in [-0.05, 0) is 93.1 Å². The molecule has 4 nitrogen and oxygen atoms in total. The van der Waals surface area contributed by atoms with E-state index in [1.807, 2.05) is 30.5 Å². The van der Waals surface area contributed by atoms with E-state index in [-0.39, 0.29) is 12.1 Å². The van der Waals surface area contributed by atoms with E-state index in [1.165, 1.54) is 16.8 Å². The lowest BCUT2D eigenvalue weighted by atomic mass is 9.96. The second-order valence-corrected chi connectivity index (χ2v) is 9.29. The van der Waals surface area contributed by atoms with Gasteiger partial charge in [0.05, 0.1) is 17.8 Å². The lowest BCUT2D eigenvalue weighted by molar-refractivity contribution is 0.565. The first-order chi connectivity index (χ1) is 15.9. The van der Waals surface area contributed by atoms with Crippen molar-refractivity contribution >= 4 is 34.6 Å². The van der Waals surface area contributed by atoms with Crippen molar-refractivity contribution in [1.82, 2.24) is 14.9 Å². The van der Waals surface area contributed by atoms with Gasteiger partial charge in [0.25, 0.3) is 0 Å². The molecule has 166 valence electrons. The zero-order valence-corrected chi connectivity index (χ0v) is 20.4. The van der Waals surface area contributed by atoms with Gasteiger partial charge in [0.15, 0.2) is 5.11 Å². The average Bonchev–Trinajstić information content (AvgIpc) is 3.31. The predicted octanol–water partition coefficient (Wildman–Crippen LogP) is 6.63. The van der Waals surface area contributed by atoms with Gasteiger partial charge in [0.2, 0.25) is 0 Å². The summed E-state index contributed by atoms with van der Waals surface area (Å²) in [5, 5.41) is 4.99. The number of nitrogens with zero attached hydrogens (tertiary/aromatic N) is 3. The van der Waals surface area contributed by atoms with E-state index in [2.05, 4.69) is 89.1 Å². The smallest absolute Gasteiger partial charge is 0.174 e. The van der Waals surface area contributed by atoms with Crippen molar-refractivity contribution in [3.05, 3.63) is 112 Å². The summed E-state index contributed by atoms with van der Waals surface area (Å²) in [4.78, 5) is 6.89. The summed E-state index contributed by atoms with van der Waals surface area (Å²) in [5.74, 6) is 0. The molecule has 0 radical (unpaired) electrons. The average molecular weight is 473 g/mol. The third kappa shape index (κ3) is 3.92. The molecular weight excluding hydrogens is 448 g/mol. The third-order valence-electron chi connectivity index (χ3n) is 6.28. The molecule has 1 aliphatic rings. The van der Waals surface area contributed by atoms with Crippen LogP contribution in [0.3, 0.4) is 0 Å². The highest BCUT2D eigenvalue weighted by atomic mass is 35.5. The van der Waals surface area contributed by atoms with Gasteiger partial charge in [-0.15, -0.1) is 0 Å². The SMILES string of the molecule is Cc1ccc(N2C(=S)N[C@H](c3ccccn3)[C@H]2c2cc(C)n(-c3ccc(Cl)cc3)c2C)cc1. The van der Waals surface area contributed by atoms with Crippen LogP contribution in [0.25, 0.3) is 5.69 Å². The van der Waals surface area contributed by atoms with Gasteiger partial charge in [0.1, 0.15) is 0 Å². The molecule has 0 amide bonds. The summed E-state index contributed by atoms with van der Waals surface area (Å²) < 4.78 is 2.27. The molecule has 1 N–H and O–H groups in total. The van der Waals surface area contributed by atoms with E-state index in [0.29, 0.717) is 5.11 Å². The summed E-state index contributed by atoms with van der Waals surface area (Å²) in [6.45, 7) is 6.40. The normalized spacial score (nSPS) is 17.9. The highest BCUT2D eigenvalue weighted by Crippen LogP contribution is 2.43. The predicted molar refractivity (Wildman–Crippen MR) is 139 cm³/mol. The molecule has 0 unspecified atom stereocenters. The molecule has 1 saturated heterocycles. The number of hydrogen-bond acceptors (Lipinski definition) is 2. The molecule has 5 rings (SSSR count). The first kappa shape index (κ1) is 21.7. The lowest BCUT2D eigenvalue weighted by Gasteiger charge is -2.28. The van der Waals surface area contributed by atoms with Gasteiger partial charge in [-0.2, -0.15) is 0 Å². The van der Waals surface area contributed by atoms with Crippen molar-refractivity contribution in [3.63, 3.8) is 0 Å². The van der Waals surface area contributed by atoms with Crippen molar-refractivity contribution in [3.8, 4) is 5.69 Å². The van der Waals surface area contributed by atoms with E-state index in [1.54, 1.807) is 0 Å². The number of aryl methyl sites for hydroxylation is 2. The van der Waals surface area contributed by atoms with Crippen LogP contribution in [-0.2, 0) is 0 Å². The molecule has 3 heterocycles. The molecular formula is C27H25ClN4S. The molecule has 33 heavy (non-hydrogen) atoms. The van der Waals surface area contributed by atoms with Crippen LogP contribution in [0.5, 0.6) is 0 Å². The quantitative estimate of drug-likeness (QED) is 0.338. The zero-order valence-electron chi connectivity index (χ0n) is 18.8. The monoisotopic (exact) mass is 472 g/mol. The van der Waals surface area contributed by atoms with Crippen LogP contribution >= 0.6 is 23.8 Å². The summed E-state index contributed by atoms with van der Waals surface area (Å²) in [7, 11) is 0. The Morgan fingerprint density at radius 1 is 0.909 bits per heavy atom. The summed E-state index contributed by atoms with van der Waals surface area (Å²) in [6.07, 6.45) is 1.84. The fourth-order valence-corrected chi connectivity index (χ4v) is 5.20. The molecule has 1 aliphatic heterocycles. The summed E-state index contributed by atoms with van der Waals surface area (Å²) >= 11 is 12.0. The Balaban J connectivity index is 1.67. The maximum atomic E-state index is 6.14. The van der Waals surface area contributed by atoms with Crippen LogP contribution in [0.15, 0.2) is 79.0 Å². The second kappa shape index (κ2) is 8.65. The topological polar surface area (TPSA) is 33.1 Å². The van der Waals surface area contributed by atoms with Crippen molar-refractivity contribution < 1.29 is 0 Å². The molecule has 0 aliphatic carbocycles. The Kier molecular flexibility index (Phi) is 5.69. The van der Waals surface area contributed by atoms with E-state index in [4.69, 9.17) is 23.8 Å². The van der Waals surface area contributed by atoms with Crippen LogP contribution < -0.4 is 10.2 Å². The highest BCUT2D eigenvalue weighted by molar-refractivity contribution is 7.80. The Hall–Kier alpha value is -3.15. The van der Waals surface area contributed by atoms with E-state index >= 15 is 0 Å². The number of rotatable bonds is 4.